The number of halogens is 3. The minimum Gasteiger partial charge on any atom is -0.378 e. The second kappa shape index (κ2) is 7.89. The molecule has 0 radical (unpaired) electrons. The van der Waals surface area contributed by atoms with E-state index in [4.69, 9.17) is 16.3 Å². The molecule has 0 bridgehead atoms. The van der Waals surface area contributed by atoms with Gasteiger partial charge in [0.1, 0.15) is 17.6 Å². The van der Waals surface area contributed by atoms with E-state index in [1.165, 1.54) is 11.0 Å². The van der Waals surface area contributed by atoms with E-state index in [-0.39, 0.29) is 46.7 Å². The zero-order valence-electron chi connectivity index (χ0n) is 15.9. The lowest BCUT2D eigenvalue weighted by molar-refractivity contribution is -0.143. The molecule has 0 unspecified atom stereocenters. The third kappa shape index (κ3) is 3.58. The van der Waals surface area contributed by atoms with Gasteiger partial charge in [-0.1, -0.05) is 11.6 Å². The Labute approximate surface area is 171 Å². The summed E-state index contributed by atoms with van der Waals surface area (Å²) in [6.45, 7) is 2.91. The number of fused-ring (bicyclic) bond motifs is 1. The lowest BCUT2D eigenvalue weighted by Gasteiger charge is -2.39. The van der Waals surface area contributed by atoms with E-state index >= 15 is 0 Å². The number of piperazine rings is 1. The molecule has 29 heavy (non-hydrogen) atoms. The standard InChI is InChI=1S/C19H21ClF2N4O3/c1-24-8-9-29-10-13(24)18(27)25-4-6-26(7-5-25)19(28)17-16(22)14-12(23-17)3-2-11(21)15(14)20/h2-3,13,23H,4-10H2,1H3/t13-/m1/s1. The smallest absolute Gasteiger partial charge is 0.273 e. The van der Waals surface area contributed by atoms with Crippen LogP contribution in [0.3, 0.4) is 0 Å². The van der Waals surface area contributed by atoms with Crippen molar-refractivity contribution in [1.82, 2.24) is 19.7 Å². The lowest BCUT2D eigenvalue weighted by atomic mass is 10.2. The Morgan fingerprint density at radius 3 is 2.52 bits per heavy atom. The Hall–Kier alpha value is -2.23. The van der Waals surface area contributed by atoms with Gasteiger partial charge in [-0.25, -0.2) is 8.78 Å². The third-order valence-electron chi connectivity index (χ3n) is 5.57. The molecule has 2 amide bonds. The maximum Gasteiger partial charge on any atom is 0.273 e. The second-order valence-corrected chi connectivity index (χ2v) is 7.66. The third-order valence-corrected chi connectivity index (χ3v) is 5.94. The molecule has 3 heterocycles. The second-order valence-electron chi connectivity index (χ2n) is 7.29. The van der Waals surface area contributed by atoms with Crippen molar-refractivity contribution >= 4 is 34.3 Å². The first-order chi connectivity index (χ1) is 13.9. The molecule has 2 fully saturated rings. The number of hydrogen-bond acceptors (Lipinski definition) is 4. The molecule has 4 rings (SSSR count). The number of ether oxygens (including phenoxy) is 1. The van der Waals surface area contributed by atoms with Crippen molar-refractivity contribution < 1.29 is 23.1 Å². The fraction of sp³-hybridized carbons (Fsp3) is 0.474. The first-order valence-electron chi connectivity index (χ1n) is 9.39. The summed E-state index contributed by atoms with van der Waals surface area (Å²) >= 11 is 5.86. The van der Waals surface area contributed by atoms with Crippen LogP contribution in [0.4, 0.5) is 8.78 Å². The maximum absolute atomic E-state index is 14.8. The molecule has 1 N–H and O–H groups in total. The molecule has 2 aliphatic rings. The summed E-state index contributed by atoms with van der Waals surface area (Å²) in [6.07, 6.45) is 0. The van der Waals surface area contributed by atoms with Crippen LogP contribution in [0.5, 0.6) is 0 Å². The Morgan fingerprint density at radius 1 is 1.14 bits per heavy atom. The van der Waals surface area contributed by atoms with Gasteiger partial charge in [-0.05, 0) is 19.2 Å². The quantitative estimate of drug-likeness (QED) is 0.794. The van der Waals surface area contributed by atoms with Gasteiger partial charge < -0.3 is 19.5 Å². The van der Waals surface area contributed by atoms with E-state index in [2.05, 4.69) is 4.98 Å². The number of carbonyl (C=O) groups is 2. The molecule has 156 valence electrons. The van der Waals surface area contributed by atoms with Crippen molar-refractivity contribution in [2.75, 3.05) is 53.0 Å². The van der Waals surface area contributed by atoms with Crippen LogP contribution >= 0.6 is 11.6 Å². The number of likely N-dealkylation sites (N-methyl/N-ethyl adjacent to an activating group) is 1. The van der Waals surface area contributed by atoms with Crippen molar-refractivity contribution in [1.29, 1.82) is 0 Å². The molecule has 0 saturated carbocycles. The Kier molecular flexibility index (Phi) is 5.46. The number of amides is 2. The van der Waals surface area contributed by atoms with Crippen molar-refractivity contribution in [3.63, 3.8) is 0 Å². The van der Waals surface area contributed by atoms with Gasteiger partial charge >= 0.3 is 0 Å². The van der Waals surface area contributed by atoms with Crippen LogP contribution in [0.15, 0.2) is 12.1 Å². The monoisotopic (exact) mass is 426 g/mol. The van der Waals surface area contributed by atoms with Crippen LogP contribution in [0.25, 0.3) is 10.9 Å². The maximum atomic E-state index is 14.8. The molecule has 1 aromatic carbocycles. The summed E-state index contributed by atoms with van der Waals surface area (Å²) < 4.78 is 33.8. The number of carbonyl (C=O) groups excluding carboxylic acids is 2. The van der Waals surface area contributed by atoms with Crippen LogP contribution in [0.2, 0.25) is 5.02 Å². The molecule has 10 heteroatoms. The van der Waals surface area contributed by atoms with Gasteiger partial charge in [-0.2, -0.15) is 0 Å². The highest BCUT2D eigenvalue weighted by Crippen LogP contribution is 2.31. The van der Waals surface area contributed by atoms with Gasteiger partial charge in [-0.15, -0.1) is 0 Å². The van der Waals surface area contributed by atoms with Crippen LogP contribution in [0.1, 0.15) is 10.5 Å². The molecule has 0 spiro atoms. The highest BCUT2D eigenvalue weighted by Gasteiger charge is 2.34. The van der Waals surface area contributed by atoms with Crippen LogP contribution in [0, 0.1) is 11.6 Å². The number of aromatic amines is 1. The van der Waals surface area contributed by atoms with E-state index in [0.717, 1.165) is 6.07 Å². The first-order valence-corrected chi connectivity index (χ1v) is 9.77. The molecule has 7 nitrogen and oxygen atoms in total. The summed E-state index contributed by atoms with van der Waals surface area (Å²) in [5, 5.41) is -0.492. The van der Waals surface area contributed by atoms with Gasteiger partial charge in [0, 0.05) is 32.7 Å². The predicted octanol–water partition coefficient (Wildman–Crippen LogP) is 1.71. The van der Waals surface area contributed by atoms with Gasteiger partial charge in [0.15, 0.2) is 5.82 Å². The normalized spacial score (nSPS) is 21.0. The molecule has 1 atom stereocenters. The molecule has 2 saturated heterocycles. The Bertz CT molecular complexity index is 959. The van der Waals surface area contributed by atoms with E-state index in [0.29, 0.717) is 32.8 Å². The number of hydrogen-bond donors (Lipinski definition) is 1. The highest BCUT2D eigenvalue weighted by molar-refractivity contribution is 6.35. The fourth-order valence-corrected chi connectivity index (χ4v) is 4.02. The number of rotatable bonds is 2. The zero-order chi connectivity index (χ0) is 20.7. The first kappa shape index (κ1) is 20.1. The number of nitrogens with one attached hydrogen (secondary N) is 1. The van der Waals surface area contributed by atoms with Gasteiger partial charge in [0.25, 0.3) is 5.91 Å². The molecule has 2 aromatic rings. The number of benzene rings is 1. The average molecular weight is 427 g/mol. The zero-order valence-corrected chi connectivity index (χ0v) is 16.6. The van der Waals surface area contributed by atoms with Crippen molar-refractivity contribution in [2.45, 2.75) is 6.04 Å². The summed E-state index contributed by atoms with van der Waals surface area (Å²) in [5.74, 6) is -2.19. The predicted molar refractivity (Wildman–Crippen MR) is 103 cm³/mol. The topological polar surface area (TPSA) is 68.9 Å². The van der Waals surface area contributed by atoms with Crippen LogP contribution < -0.4 is 0 Å². The Balaban J connectivity index is 1.46. The van der Waals surface area contributed by atoms with E-state index in [9.17, 15) is 18.4 Å². The minimum atomic E-state index is -0.867. The van der Waals surface area contributed by atoms with Crippen molar-refractivity contribution in [3.05, 3.63) is 34.5 Å². The van der Waals surface area contributed by atoms with E-state index in [1.807, 2.05) is 11.9 Å². The highest BCUT2D eigenvalue weighted by atomic mass is 35.5. The fourth-order valence-electron chi connectivity index (χ4n) is 3.78. The van der Waals surface area contributed by atoms with E-state index < -0.39 is 17.5 Å². The SMILES string of the molecule is CN1CCOC[C@@H]1C(=O)N1CCN(C(=O)c2[nH]c3ccc(F)c(Cl)c3c2F)CC1. The van der Waals surface area contributed by atoms with Crippen molar-refractivity contribution in [2.24, 2.45) is 0 Å². The van der Waals surface area contributed by atoms with E-state index in [1.54, 1.807) is 4.90 Å². The van der Waals surface area contributed by atoms with Gasteiger partial charge in [0.2, 0.25) is 5.91 Å². The molecular weight excluding hydrogens is 406 g/mol. The summed E-state index contributed by atoms with van der Waals surface area (Å²) in [5.41, 5.74) is -0.000843. The number of morpholine rings is 1. The number of H-pyrrole nitrogens is 1. The summed E-state index contributed by atoms with van der Waals surface area (Å²) in [7, 11) is 1.89. The molecule has 2 aliphatic heterocycles. The van der Waals surface area contributed by atoms with Crippen molar-refractivity contribution in [3.8, 4) is 0 Å². The van der Waals surface area contributed by atoms with Gasteiger partial charge in [-0.3, -0.25) is 14.5 Å². The average Bonchev–Trinajstić information content (AvgIpc) is 3.07. The Morgan fingerprint density at radius 2 is 1.83 bits per heavy atom. The number of nitrogens with zero attached hydrogens (tertiary/aromatic N) is 3. The van der Waals surface area contributed by atoms with Crippen LogP contribution in [-0.2, 0) is 9.53 Å². The molecular formula is C19H21ClF2N4O3. The van der Waals surface area contributed by atoms with Crippen LogP contribution in [-0.4, -0.2) is 90.5 Å². The molecule has 1 aromatic heterocycles. The van der Waals surface area contributed by atoms with Gasteiger partial charge in [0.05, 0.1) is 29.1 Å². The molecule has 0 aliphatic carbocycles. The summed E-state index contributed by atoms with van der Waals surface area (Å²) in [4.78, 5) is 33.4. The summed E-state index contributed by atoms with van der Waals surface area (Å²) in [6, 6.07) is 2.13. The lowest BCUT2D eigenvalue weighted by Crippen LogP contribution is -2.58. The number of aromatic nitrogens is 1. The minimum absolute atomic E-state index is 0.0293. The largest absolute Gasteiger partial charge is 0.378 e.